The molecule has 0 bridgehead atoms. The van der Waals surface area contributed by atoms with Crippen molar-refractivity contribution in [3.05, 3.63) is 23.8 Å². The van der Waals surface area contributed by atoms with E-state index in [9.17, 15) is 10.0 Å². The maximum atomic E-state index is 9.17. The second-order valence-corrected chi connectivity index (χ2v) is 4.64. The van der Waals surface area contributed by atoms with Crippen molar-refractivity contribution in [1.82, 2.24) is 0 Å². The molecule has 1 aromatic rings. The van der Waals surface area contributed by atoms with Gasteiger partial charge in [-0.05, 0) is 41.9 Å². The first-order valence-corrected chi connectivity index (χ1v) is 5.93. The molecule has 0 radical (unpaired) electrons. The second-order valence-electron chi connectivity index (χ2n) is 4.64. The van der Waals surface area contributed by atoms with Crippen LogP contribution in [0.25, 0.3) is 0 Å². The van der Waals surface area contributed by atoms with E-state index in [1.807, 2.05) is 12.1 Å². The Bertz CT molecular complexity index is 362. The molecule has 16 heavy (non-hydrogen) atoms. The molecule has 1 aliphatic carbocycles. The normalized spacial score (nSPS) is 17.4. The second kappa shape index (κ2) is 4.89. The van der Waals surface area contributed by atoms with Crippen molar-refractivity contribution >= 4 is 18.3 Å². The van der Waals surface area contributed by atoms with Gasteiger partial charge in [-0.25, -0.2) is 0 Å². The molecular formula is C12H18BNO2. The van der Waals surface area contributed by atoms with E-state index in [0.717, 1.165) is 5.56 Å². The molecular weight excluding hydrogens is 201 g/mol. The van der Waals surface area contributed by atoms with Crippen molar-refractivity contribution in [3.63, 3.8) is 0 Å². The summed E-state index contributed by atoms with van der Waals surface area (Å²) in [6.45, 7) is 0. The number of hydrogen-bond donors (Lipinski definition) is 3. The molecule has 0 heterocycles. The number of rotatable bonds is 2. The van der Waals surface area contributed by atoms with Gasteiger partial charge >= 0.3 is 7.12 Å². The number of anilines is 1. The minimum Gasteiger partial charge on any atom is -0.423 e. The van der Waals surface area contributed by atoms with Crippen molar-refractivity contribution in [2.45, 2.75) is 38.0 Å². The summed E-state index contributed by atoms with van der Waals surface area (Å²) in [6, 6.07) is 5.45. The molecule has 4 heteroatoms. The Labute approximate surface area is 96.4 Å². The molecule has 0 aromatic heterocycles. The zero-order chi connectivity index (χ0) is 11.5. The van der Waals surface area contributed by atoms with Gasteiger partial charge in [-0.1, -0.05) is 25.3 Å². The maximum Gasteiger partial charge on any atom is 0.488 e. The molecule has 0 aliphatic heterocycles. The molecule has 0 amide bonds. The maximum absolute atomic E-state index is 9.17. The molecule has 86 valence electrons. The Kier molecular flexibility index (Phi) is 3.51. The van der Waals surface area contributed by atoms with Crippen LogP contribution in [0.4, 0.5) is 5.69 Å². The van der Waals surface area contributed by atoms with Gasteiger partial charge in [-0.15, -0.1) is 0 Å². The van der Waals surface area contributed by atoms with Crippen LogP contribution in [-0.4, -0.2) is 17.2 Å². The summed E-state index contributed by atoms with van der Waals surface area (Å²) >= 11 is 0. The summed E-state index contributed by atoms with van der Waals surface area (Å²) in [7, 11) is -1.43. The van der Waals surface area contributed by atoms with Gasteiger partial charge in [0.05, 0.1) is 0 Å². The lowest BCUT2D eigenvalue weighted by molar-refractivity contribution is 0.425. The van der Waals surface area contributed by atoms with Gasteiger partial charge in [-0.3, -0.25) is 0 Å². The third-order valence-corrected chi connectivity index (χ3v) is 3.37. The summed E-state index contributed by atoms with van der Waals surface area (Å²) in [6.07, 6.45) is 6.20. The van der Waals surface area contributed by atoms with E-state index in [0.29, 0.717) is 17.1 Å². The smallest absolute Gasteiger partial charge is 0.423 e. The number of nitrogens with two attached hydrogens (primary N) is 1. The quantitative estimate of drug-likeness (QED) is 0.513. The zero-order valence-corrected chi connectivity index (χ0v) is 9.39. The predicted molar refractivity (Wildman–Crippen MR) is 66.5 cm³/mol. The number of hydrogen-bond acceptors (Lipinski definition) is 3. The zero-order valence-electron chi connectivity index (χ0n) is 9.39. The molecule has 0 saturated heterocycles. The molecule has 0 spiro atoms. The standard InChI is InChI=1S/C12H18BNO2/c14-12-7-10(6-11(8-12)13(15)16)9-4-2-1-3-5-9/h6-9,15-16H,1-5,14H2. The van der Waals surface area contributed by atoms with E-state index in [-0.39, 0.29) is 0 Å². The van der Waals surface area contributed by atoms with E-state index in [4.69, 9.17) is 5.73 Å². The first-order valence-electron chi connectivity index (χ1n) is 5.93. The van der Waals surface area contributed by atoms with E-state index >= 15 is 0 Å². The number of nitrogen functional groups attached to an aromatic ring is 1. The summed E-state index contributed by atoms with van der Waals surface area (Å²) in [5.41, 5.74) is 8.05. The highest BCUT2D eigenvalue weighted by Crippen LogP contribution is 2.32. The Morgan fingerprint density at radius 2 is 1.75 bits per heavy atom. The number of benzene rings is 1. The predicted octanol–water partition coefficient (Wildman–Crippen LogP) is 0.996. The molecule has 1 fully saturated rings. The van der Waals surface area contributed by atoms with Gasteiger partial charge in [0.1, 0.15) is 0 Å². The Hall–Kier alpha value is -0.995. The molecule has 3 nitrogen and oxygen atoms in total. The fraction of sp³-hybridized carbons (Fsp3) is 0.500. The highest BCUT2D eigenvalue weighted by atomic mass is 16.4. The van der Waals surface area contributed by atoms with Gasteiger partial charge in [-0.2, -0.15) is 0 Å². The van der Waals surface area contributed by atoms with Crippen LogP contribution >= 0.6 is 0 Å². The van der Waals surface area contributed by atoms with E-state index in [1.165, 1.54) is 32.1 Å². The lowest BCUT2D eigenvalue weighted by Crippen LogP contribution is -2.30. The van der Waals surface area contributed by atoms with E-state index < -0.39 is 7.12 Å². The van der Waals surface area contributed by atoms with Crippen LogP contribution in [0, 0.1) is 0 Å². The third-order valence-electron chi connectivity index (χ3n) is 3.37. The molecule has 1 aliphatic rings. The highest BCUT2D eigenvalue weighted by Gasteiger charge is 2.19. The summed E-state index contributed by atoms with van der Waals surface area (Å²) in [5, 5.41) is 18.3. The van der Waals surface area contributed by atoms with Crippen LogP contribution in [0.5, 0.6) is 0 Å². The summed E-state index contributed by atoms with van der Waals surface area (Å²) < 4.78 is 0. The minimum atomic E-state index is -1.43. The third kappa shape index (κ3) is 2.57. The van der Waals surface area contributed by atoms with Crippen molar-refractivity contribution in [2.75, 3.05) is 5.73 Å². The molecule has 4 N–H and O–H groups in total. The Morgan fingerprint density at radius 1 is 1.06 bits per heavy atom. The lowest BCUT2D eigenvalue weighted by Gasteiger charge is -2.22. The first kappa shape index (κ1) is 11.5. The SMILES string of the molecule is Nc1cc(B(O)O)cc(C2CCCCC2)c1. The Balaban J connectivity index is 2.25. The average molecular weight is 219 g/mol. The average Bonchev–Trinajstić information content (AvgIpc) is 2.29. The van der Waals surface area contributed by atoms with Gasteiger partial charge < -0.3 is 15.8 Å². The van der Waals surface area contributed by atoms with Gasteiger partial charge in [0.15, 0.2) is 0 Å². The minimum absolute atomic E-state index is 0.501. The summed E-state index contributed by atoms with van der Waals surface area (Å²) in [4.78, 5) is 0. The first-order chi connectivity index (χ1) is 7.66. The van der Waals surface area contributed by atoms with Crippen LogP contribution in [0.1, 0.15) is 43.6 Å². The van der Waals surface area contributed by atoms with E-state index in [2.05, 4.69) is 0 Å². The van der Waals surface area contributed by atoms with Crippen molar-refractivity contribution in [2.24, 2.45) is 0 Å². The molecule has 0 unspecified atom stereocenters. The largest absolute Gasteiger partial charge is 0.488 e. The van der Waals surface area contributed by atoms with Crippen LogP contribution in [0.2, 0.25) is 0 Å². The molecule has 1 saturated carbocycles. The molecule has 2 rings (SSSR count). The van der Waals surface area contributed by atoms with E-state index in [1.54, 1.807) is 6.07 Å². The Morgan fingerprint density at radius 3 is 2.38 bits per heavy atom. The fourth-order valence-electron chi connectivity index (χ4n) is 2.52. The molecule has 1 aromatic carbocycles. The summed E-state index contributed by atoms with van der Waals surface area (Å²) in [5.74, 6) is 0.537. The van der Waals surface area contributed by atoms with Crippen LogP contribution < -0.4 is 11.2 Å². The van der Waals surface area contributed by atoms with Gasteiger partial charge in [0, 0.05) is 5.69 Å². The van der Waals surface area contributed by atoms with Crippen LogP contribution in [-0.2, 0) is 0 Å². The van der Waals surface area contributed by atoms with Gasteiger partial charge in [0.2, 0.25) is 0 Å². The van der Waals surface area contributed by atoms with Crippen molar-refractivity contribution < 1.29 is 10.0 Å². The van der Waals surface area contributed by atoms with Gasteiger partial charge in [0.25, 0.3) is 0 Å². The van der Waals surface area contributed by atoms with Crippen molar-refractivity contribution in [3.8, 4) is 0 Å². The molecule has 0 atom stereocenters. The van der Waals surface area contributed by atoms with Crippen LogP contribution in [0.3, 0.4) is 0 Å². The van der Waals surface area contributed by atoms with Crippen molar-refractivity contribution in [1.29, 1.82) is 0 Å². The van der Waals surface area contributed by atoms with Crippen LogP contribution in [0.15, 0.2) is 18.2 Å². The fourth-order valence-corrected chi connectivity index (χ4v) is 2.52. The topological polar surface area (TPSA) is 66.5 Å². The highest BCUT2D eigenvalue weighted by molar-refractivity contribution is 6.58. The monoisotopic (exact) mass is 219 g/mol. The lowest BCUT2D eigenvalue weighted by atomic mass is 9.76.